The molecule has 0 saturated carbocycles. The number of benzene rings is 2. The Morgan fingerprint density at radius 2 is 1.56 bits per heavy atom. The number of aliphatic hydroxyl groups excluding tert-OH is 1. The summed E-state index contributed by atoms with van der Waals surface area (Å²) in [6.07, 6.45) is -0.139. The number of carbonyl (C=O) groups excluding carboxylic acids is 2. The number of anilines is 2. The van der Waals surface area contributed by atoms with Gasteiger partial charge in [-0.2, -0.15) is 4.57 Å². The van der Waals surface area contributed by atoms with Crippen molar-refractivity contribution in [2.45, 2.75) is 24.9 Å². The summed E-state index contributed by atoms with van der Waals surface area (Å²) < 4.78 is 13.2. The quantitative estimate of drug-likeness (QED) is 0.376. The van der Waals surface area contributed by atoms with Gasteiger partial charge in [-0.15, -0.1) is 0 Å². The molecule has 4 rings (SSSR count). The van der Waals surface area contributed by atoms with Gasteiger partial charge in [-0.3, -0.25) is 14.2 Å². The van der Waals surface area contributed by atoms with Crippen LogP contribution >= 0.6 is 15.9 Å². The summed E-state index contributed by atoms with van der Waals surface area (Å²) in [5, 5.41) is 9.95. The molecule has 0 radical (unpaired) electrons. The zero-order valence-electron chi connectivity index (χ0n) is 23.1. The minimum absolute atomic E-state index is 0.00798. The molecule has 41 heavy (non-hydrogen) atoms. The lowest BCUT2D eigenvalue weighted by atomic mass is 10.1. The van der Waals surface area contributed by atoms with E-state index < -0.39 is 48.2 Å². The third-order valence-corrected chi connectivity index (χ3v) is 7.03. The van der Waals surface area contributed by atoms with Crippen LogP contribution in [0.2, 0.25) is 0 Å². The second-order valence-corrected chi connectivity index (χ2v) is 10.4. The zero-order valence-corrected chi connectivity index (χ0v) is 24.6. The maximum atomic E-state index is 13.6. The predicted octanol–water partition coefficient (Wildman–Crippen LogP) is 2.70. The van der Waals surface area contributed by atoms with Crippen molar-refractivity contribution >= 4 is 45.3 Å². The maximum absolute atomic E-state index is 13.6. The maximum Gasteiger partial charge on any atom is 0.340 e. The lowest BCUT2D eigenvalue weighted by Gasteiger charge is -2.17. The summed E-state index contributed by atoms with van der Waals surface area (Å²) in [4.78, 5) is 58.2. The molecule has 0 unspecified atom stereocenters. The van der Waals surface area contributed by atoms with Gasteiger partial charge in [0.25, 0.3) is 11.5 Å². The summed E-state index contributed by atoms with van der Waals surface area (Å²) in [6, 6.07) is 13.3. The Morgan fingerprint density at radius 3 is 2.07 bits per heavy atom. The Morgan fingerprint density at radius 1 is 1.00 bits per heavy atom. The molecule has 3 aromatic rings. The molecule has 2 heterocycles. The van der Waals surface area contributed by atoms with E-state index in [1.165, 1.54) is 29.4 Å². The van der Waals surface area contributed by atoms with E-state index in [-0.39, 0.29) is 17.5 Å². The Balaban J connectivity index is 1.65. The van der Waals surface area contributed by atoms with Crippen molar-refractivity contribution in [3.05, 3.63) is 97.2 Å². The van der Waals surface area contributed by atoms with Gasteiger partial charge in [-0.1, -0.05) is 15.9 Å². The number of hydrogen-bond acceptors (Lipinski definition) is 9. The third kappa shape index (κ3) is 6.34. The highest BCUT2D eigenvalue weighted by atomic mass is 79.9. The van der Waals surface area contributed by atoms with Gasteiger partial charge in [0, 0.05) is 57.7 Å². The first-order valence-electron chi connectivity index (χ1n) is 12.8. The topological polar surface area (TPSA) is 123 Å². The van der Waals surface area contributed by atoms with E-state index in [0.29, 0.717) is 10.1 Å². The number of esters is 1. The van der Waals surface area contributed by atoms with Crippen LogP contribution < -0.4 is 21.0 Å². The van der Waals surface area contributed by atoms with Gasteiger partial charge in [0.15, 0.2) is 0 Å². The van der Waals surface area contributed by atoms with Crippen molar-refractivity contribution in [2.75, 3.05) is 44.6 Å². The molecule has 11 nitrogen and oxygen atoms in total. The van der Waals surface area contributed by atoms with Crippen LogP contribution in [0.1, 0.15) is 38.9 Å². The Kier molecular flexibility index (Phi) is 9.26. The Labute approximate surface area is 245 Å². The number of aromatic nitrogens is 2. The molecular weight excluding hydrogens is 596 g/mol. The van der Waals surface area contributed by atoms with Gasteiger partial charge < -0.3 is 24.4 Å². The number of hydrogen-bond donors (Lipinski definition) is 1. The fourth-order valence-corrected chi connectivity index (χ4v) is 4.74. The van der Waals surface area contributed by atoms with Gasteiger partial charge in [0.2, 0.25) is 0 Å². The molecular formula is C29H31BrN4O7. The highest BCUT2D eigenvalue weighted by molar-refractivity contribution is 9.11. The Bertz CT molecular complexity index is 1560. The molecule has 3 atom stereocenters. The van der Waals surface area contributed by atoms with Crippen LogP contribution in [0.4, 0.5) is 11.4 Å². The second kappa shape index (κ2) is 12.7. The molecule has 216 valence electrons. The molecule has 0 bridgehead atoms. The lowest BCUT2D eigenvalue weighted by Crippen LogP contribution is -2.45. The summed E-state index contributed by atoms with van der Waals surface area (Å²) in [5.41, 5.74) is 0.535. The van der Waals surface area contributed by atoms with Crippen molar-refractivity contribution in [3.63, 3.8) is 0 Å². The smallest absolute Gasteiger partial charge is 0.340 e. The van der Waals surface area contributed by atoms with Gasteiger partial charge in [-0.25, -0.2) is 9.59 Å². The van der Waals surface area contributed by atoms with Crippen molar-refractivity contribution in [2.24, 2.45) is 0 Å². The Hall–Kier alpha value is -4.00. The number of nitrogens with zero attached hydrogens (tertiary/aromatic N) is 4. The molecule has 1 fully saturated rings. The largest absolute Gasteiger partial charge is 0.456 e. The van der Waals surface area contributed by atoms with Gasteiger partial charge in [0.1, 0.15) is 18.4 Å². The minimum atomic E-state index is -1.02. The first kappa shape index (κ1) is 30.0. The SMILES string of the molecule is CN(C)c1ccc(C(=O)O[C@H]2C[C@H](n3cc(/C=C/Br)c(=O)n(C(=O)c4ccc(N(C)C)cc4)c3=O)O[C@@H]2CO)cc1. The molecule has 1 aliphatic rings. The molecule has 1 aromatic heterocycles. The molecule has 1 saturated heterocycles. The van der Waals surface area contributed by atoms with Crippen LogP contribution in [0.5, 0.6) is 0 Å². The average molecular weight is 627 g/mol. The summed E-state index contributed by atoms with van der Waals surface area (Å²) in [7, 11) is 7.46. The van der Waals surface area contributed by atoms with Crippen LogP contribution in [0, 0.1) is 0 Å². The van der Waals surface area contributed by atoms with Crippen molar-refractivity contribution in [1.82, 2.24) is 9.13 Å². The molecule has 12 heteroatoms. The van der Waals surface area contributed by atoms with Crippen LogP contribution in [0.25, 0.3) is 6.08 Å². The molecule has 1 N–H and O–H groups in total. The molecule has 2 aromatic carbocycles. The van der Waals surface area contributed by atoms with E-state index in [1.54, 1.807) is 36.4 Å². The van der Waals surface area contributed by atoms with Crippen LogP contribution in [-0.2, 0) is 9.47 Å². The average Bonchev–Trinajstić information content (AvgIpc) is 3.36. The molecule has 1 aliphatic heterocycles. The molecule has 0 aliphatic carbocycles. The van der Waals surface area contributed by atoms with E-state index in [0.717, 1.165) is 15.9 Å². The van der Waals surface area contributed by atoms with Crippen LogP contribution in [0.15, 0.2) is 69.3 Å². The standard InChI is InChI=1S/C29H31BrN4O7/c1-31(2)21-9-5-18(6-10-21)26(36)34-27(37)20(13-14-30)16-33(29(34)39)25-15-23(24(17-35)40-25)41-28(38)19-7-11-22(12-8-19)32(3)4/h5-14,16,23-25,35H,15,17H2,1-4H3/b14-13+/t23-,24+,25+/m0/s1. The van der Waals surface area contributed by atoms with Crippen LogP contribution in [0.3, 0.4) is 0 Å². The van der Waals surface area contributed by atoms with Crippen molar-refractivity contribution < 1.29 is 24.2 Å². The number of carbonyl (C=O) groups is 2. The number of ether oxygens (including phenoxy) is 2. The first-order valence-corrected chi connectivity index (χ1v) is 13.7. The van der Waals surface area contributed by atoms with E-state index >= 15 is 0 Å². The minimum Gasteiger partial charge on any atom is -0.456 e. The van der Waals surface area contributed by atoms with E-state index in [9.17, 15) is 24.3 Å². The molecule has 0 amide bonds. The van der Waals surface area contributed by atoms with Crippen molar-refractivity contribution in [1.29, 1.82) is 0 Å². The summed E-state index contributed by atoms with van der Waals surface area (Å²) >= 11 is 3.14. The highest BCUT2D eigenvalue weighted by Crippen LogP contribution is 2.31. The zero-order chi connectivity index (χ0) is 29.8. The highest BCUT2D eigenvalue weighted by Gasteiger charge is 2.40. The van der Waals surface area contributed by atoms with Gasteiger partial charge >= 0.3 is 11.7 Å². The van der Waals surface area contributed by atoms with Gasteiger partial charge in [-0.05, 0) is 59.6 Å². The fourth-order valence-electron chi connectivity index (χ4n) is 4.45. The fraction of sp³-hybridized carbons (Fsp3) is 0.310. The predicted molar refractivity (Wildman–Crippen MR) is 159 cm³/mol. The van der Waals surface area contributed by atoms with E-state index in [2.05, 4.69) is 15.9 Å². The normalized spacial score (nSPS) is 18.4. The third-order valence-electron chi connectivity index (χ3n) is 6.77. The monoisotopic (exact) mass is 626 g/mol. The number of rotatable bonds is 8. The summed E-state index contributed by atoms with van der Waals surface area (Å²) in [6.45, 7) is -0.478. The number of halogens is 1. The second-order valence-electron chi connectivity index (χ2n) is 9.89. The van der Waals surface area contributed by atoms with Gasteiger partial charge in [0.05, 0.1) is 17.7 Å². The lowest BCUT2D eigenvalue weighted by molar-refractivity contribution is -0.0524. The molecule has 0 spiro atoms. The van der Waals surface area contributed by atoms with Crippen LogP contribution in [-0.4, -0.2) is 73.1 Å². The van der Waals surface area contributed by atoms with E-state index in [4.69, 9.17) is 9.47 Å². The first-order chi connectivity index (χ1) is 19.5. The summed E-state index contributed by atoms with van der Waals surface area (Å²) in [5.74, 6) is -1.41. The van der Waals surface area contributed by atoms with E-state index in [1.807, 2.05) is 38.0 Å². The number of aliphatic hydroxyl groups is 1. The van der Waals surface area contributed by atoms with Crippen molar-refractivity contribution in [3.8, 4) is 0 Å².